The Kier molecular flexibility index (Phi) is 5.11. The first-order chi connectivity index (χ1) is 8.27. The molecule has 2 rings (SSSR count). The predicted octanol–water partition coefficient (Wildman–Crippen LogP) is 2.83. The number of hydrogen-bond donors (Lipinski definition) is 1. The van der Waals surface area contributed by atoms with E-state index in [2.05, 4.69) is 16.3 Å². The Morgan fingerprint density at radius 2 is 1.94 bits per heavy atom. The molecule has 0 saturated carbocycles. The lowest BCUT2D eigenvalue weighted by molar-refractivity contribution is 0.238. The maximum atomic E-state index is 6.16. The van der Waals surface area contributed by atoms with Crippen molar-refractivity contribution in [3.63, 3.8) is 0 Å². The molecule has 0 spiro atoms. The maximum absolute atomic E-state index is 6.16. The monoisotopic (exact) mass is 272 g/mol. The van der Waals surface area contributed by atoms with Gasteiger partial charge < -0.3 is 10.2 Å². The van der Waals surface area contributed by atoms with Crippen molar-refractivity contribution < 1.29 is 0 Å². The van der Waals surface area contributed by atoms with Gasteiger partial charge in [-0.1, -0.05) is 35.3 Å². The molecule has 1 aliphatic rings. The molecule has 1 aromatic carbocycles. The van der Waals surface area contributed by atoms with Crippen molar-refractivity contribution in [3.8, 4) is 0 Å². The fourth-order valence-electron chi connectivity index (χ4n) is 2.17. The Bertz CT molecular complexity index is 362. The second kappa shape index (κ2) is 6.60. The number of nitrogens with one attached hydrogen (secondary N) is 1. The van der Waals surface area contributed by atoms with Crippen LogP contribution >= 0.6 is 23.2 Å². The molecular weight excluding hydrogens is 255 g/mol. The Balaban J connectivity index is 1.79. The zero-order valence-electron chi connectivity index (χ0n) is 9.88. The van der Waals surface area contributed by atoms with Crippen LogP contribution in [0.4, 0.5) is 0 Å². The Morgan fingerprint density at radius 1 is 1.18 bits per heavy atom. The highest BCUT2D eigenvalue weighted by Crippen LogP contribution is 2.26. The third-order valence-corrected chi connectivity index (χ3v) is 4.02. The van der Waals surface area contributed by atoms with E-state index in [-0.39, 0.29) is 0 Å². The summed E-state index contributed by atoms with van der Waals surface area (Å²) < 4.78 is 0. The number of piperazine rings is 1. The van der Waals surface area contributed by atoms with E-state index in [0.717, 1.165) is 56.2 Å². The van der Waals surface area contributed by atoms with Crippen molar-refractivity contribution in [2.75, 3.05) is 32.7 Å². The summed E-state index contributed by atoms with van der Waals surface area (Å²) in [5, 5.41) is 4.73. The smallest absolute Gasteiger partial charge is 0.0624 e. The molecular formula is C13H18Cl2N2. The first-order valence-corrected chi connectivity index (χ1v) is 6.89. The first kappa shape index (κ1) is 13.2. The molecule has 0 aromatic heterocycles. The van der Waals surface area contributed by atoms with Crippen LogP contribution in [0.3, 0.4) is 0 Å². The summed E-state index contributed by atoms with van der Waals surface area (Å²) in [7, 11) is 0. The number of halogens is 2. The van der Waals surface area contributed by atoms with Gasteiger partial charge in [0.15, 0.2) is 0 Å². The lowest BCUT2D eigenvalue weighted by atomic mass is 10.1. The highest BCUT2D eigenvalue weighted by molar-refractivity contribution is 6.42. The van der Waals surface area contributed by atoms with Crippen molar-refractivity contribution in [2.24, 2.45) is 0 Å². The number of aryl methyl sites for hydroxylation is 1. The van der Waals surface area contributed by atoms with Gasteiger partial charge in [-0.15, -0.1) is 0 Å². The largest absolute Gasteiger partial charge is 0.314 e. The van der Waals surface area contributed by atoms with Gasteiger partial charge in [-0.2, -0.15) is 0 Å². The van der Waals surface area contributed by atoms with Crippen LogP contribution in [0.1, 0.15) is 12.0 Å². The van der Waals surface area contributed by atoms with Crippen LogP contribution in [0.2, 0.25) is 10.0 Å². The fourth-order valence-corrected chi connectivity index (χ4v) is 2.58. The Morgan fingerprint density at radius 3 is 2.71 bits per heavy atom. The van der Waals surface area contributed by atoms with Crippen molar-refractivity contribution in [1.29, 1.82) is 0 Å². The lowest BCUT2D eigenvalue weighted by Crippen LogP contribution is -2.43. The molecule has 0 radical (unpaired) electrons. The van der Waals surface area contributed by atoms with Crippen molar-refractivity contribution in [2.45, 2.75) is 12.8 Å². The number of benzene rings is 1. The third-order valence-electron chi connectivity index (χ3n) is 3.16. The molecule has 0 bridgehead atoms. The van der Waals surface area contributed by atoms with E-state index < -0.39 is 0 Å². The van der Waals surface area contributed by atoms with Gasteiger partial charge in [0.1, 0.15) is 0 Å². The van der Waals surface area contributed by atoms with Crippen molar-refractivity contribution in [3.05, 3.63) is 33.8 Å². The third kappa shape index (κ3) is 3.85. The zero-order valence-corrected chi connectivity index (χ0v) is 11.4. The summed E-state index contributed by atoms with van der Waals surface area (Å²) in [6, 6.07) is 5.87. The van der Waals surface area contributed by atoms with Gasteiger partial charge in [-0.3, -0.25) is 0 Å². The molecule has 1 heterocycles. The summed E-state index contributed by atoms with van der Waals surface area (Å²) in [4.78, 5) is 2.49. The molecule has 0 amide bonds. The Labute approximate surface area is 113 Å². The van der Waals surface area contributed by atoms with Gasteiger partial charge in [0.25, 0.3) is 0 Å². The summed E-state index contributed by atoms with van der Waals surface area (Å²) in [5.74, 6) is 0. The van der Waals surface area contributed by atoms with E-state index in [1.54, 1.807) is 0 Å². The number of hydrogen-bond acceptors (Lipinski definition) is 2. The molecule has 0 atom stereocenters. The minimum atomic E-state index is 0.659. The predicted molar refractivity (Wildman–Crippen MR) is 74.1 cm³/mol. The van der Waals surface area contributed by atoms with Crippen LogP contribution in [0.15, 0.2) is 18.2 Å². The first-order valence-electron chi connectivity index (χ1n) is 6.13. The van der Waals surface area contributed by atoms with Crippen LogP contribution in [-0.2, 0) is 6.42 Å². The van der Waals surface area contributed by atoms with E-state index in [0.29, 0.717) is 5.02 Å². The van der Waals surface area contributed by atoms with Crippen LogP contribution in [0, 0.1) is 0 Å². The SMILES string of the molecule is Clc1cccc(CCCN2CCNCC2)c1Cl. The van der Waals surface area contributed by atoms with Gasteiger partial charge in [-0.25, -0.2) is 0 Å². The van der Waals surface area contributed by atoms with Gasteiger partial charge in [0.05, 0.1) is 10.0 Å². The second-order valence-corrected chi connectivity index (χ2v) is 5.19. The fraction of sp³-hybridized carbons (Fsp3) is 0.538. The van der Waals surface area contributed by atoms with Crippen molar-refractivity contribution >= 4 is 23.2 Å². The molecule has 1 aliphatic heterocycles. The average Bonchev–Trinajstić information content (AvgIpc) is 2.36. The molecule has 1 aromatic rings. The molecule has 1 saturated heterocycles. The van der Waals surface area contributed by atoms with Gasteiger partial charge in [-0.05, 0) is 31.0 Å². The van der Waals surface area contributed by atoms with Crippen LogP contribution in [0.5, 0.6) is 0 Å². The minimum absolute atomic E-state index is 0.659. The topological polar surface area (TPSA) is 15.3 Å². The molecule has 17 heavy (non-hydrogen) atoms. The van der Waals surface area contributed by atoms with E-state index >= 15 is 0 Å². The van der Waals surface area contributed by atoms with E-state index in [1.165, 1.54) is 0 Å². The number of rotatable bonds is 4. The molecule has 0 unspecified atom stereocenters. The van der Waals surface area contributed by atoms with Gasteiger partial charge in [0, 0.05) is 26.2 Å². The Hall–Kier alpha value is -0.280. The average molecular weight is 273 g/mol. The highest BCUT2D eigenvalue weighted by Gasteiger charge is 2.09. The van der Waals surface area contributed by atoms with Gasteiger partial charge >= 0.3 is 0 Å². The summed E-state index contributed by atoms with van der Waals surface area (Å²) in [6.07, 6.45) is 2.14. The van der Waals surface area contributed by atoms with Crippen LogP contribution in [0.25, 0.3) is 0 Å². The zero-order chi connectivity index (χ0) is 12.1. The molecule has 1 fully saturated rings. The molecule has 0 aliphatic carbocycles. The molecule has 2 nitrogen and oxygen atoms in total. The standard InChI is InChI=1S/C13H18Cl2N2/c14-12-5-1-3-11(13(12)15)4-2-8-17-9-6-16-7-10-17/h1,3,5,16H,2,4,6-10H2. The maximum Gasteiger partial charge on any atom is 0.0624 e. The minimum Gasteiger partial charge on any atom is -0.314 e. The number of nitrogens with zero attached hydrogens (tertiary/aromatic N) is 1. The molecule has 94 valence electrons. The lowest BCUT2D eigenvalue weighted by Gasteiger charge is -2.27. The highest BCUT2D eigenvalue weighted by atomic mass is 35.5. The van der Waals surface area contributed by atoms with E-state index in [1.807, 2.05) is 12.1 Å². The summed E-state index contributed by atoms with van der Waals surface area (Å²) >= 11 is 12.2. The second-order valence-electron chi connectivity index (χ2n) is 4.41. The summed E-state index contributed by atoms with van der Waals surface area (Å²) in [6.45, 7) is 5.67. The van der Waals surface area contributed by atoms with Crippen LogP contribution < -0.4 is 5.32 Å². The van der Waals surface area contributed by atoms with Crippen LogP contribution in [-0.4, -0.2) is 37.6 Å². The van der Waals surface area contributed by atoms with E-state index in [9.17, 15) is 0 Å². The van der Waals surface area contributed by atoms with Crippen molar-refractivity contribution in [1.82, 2.24) is 10.2 Å². The summed E-state index contributed by atoms with van der Waals surface area (Å²) in [5.41, 5.74) is 1.16. The quantitative estimate of drug-likeness (QED) is 0.907. The molecule has 1 N–H and O–H groups in total. The molecule has 4 heteroatoms. The van der Waals surface area contributed by atoms with Gasteiger partial charge in [0.2, 0.25) is 0 Å². The van der Waals surface area contributed by atoms with E-state index in [4.69, 9.17) is 23.2 Å². The normalized spacial score (nSPS) is 17.3.